The summed E-state index contributed by atoms with van der Waals surface area (Å²) in [6.45, 7) is 20.9. The largest absolute Gasteiger partial charge is 0.393 e. The Labute approximate surface area is 267 Å². The van der Waals surface area contributed by atoms with Crippen LogP contribution in [0, 0.1) is 16.2 Å². The average molecular weight is 601 g/mol. The second-order valence-corrected chi connectivity index (χ2v) is 15.0. The zero-order chi connectivity index (χ0) is 32.9. The molecule has 2 fully saturated rings. The van der Waals surface area contributed by atoms with Gasteiger partial charge >= 0.3 is 0 Å². The summed E-state index contributed by atoms with van der Waals surface area (Å²) in [5.74, 6) is 0.0827. The van der Waals surface area contributed by atoms with Gasteiger partial charge in [0.2, 0.25) is 0 Å². The Bertz CT molecular complexity index is 1360. The molecule has 0 spiro atoms. The Morgan fingerprint density at radius 2 is 1.23 bits per heavy atom. The molecule has 3 aliphatic rings. The van der Waals surface area contributed by atoms with E-state index in [9.17, 15) is 15.0 Å². The molecule has 5 unspecified atom stereocenters. The Hall–Kier alpha value is -2.79. The van der Waals surface area contributed by atoms with Crippen molar-refractivity contribution in [2.24, 2.45) is 16.2 Å². The quantitative estimate of drug-likeness (QED) is 0.149. The van der Waals surface area contributed by atoms with Crippen LogP contribution in [-0.4, -0.2) is 39.9 Å². The van der Waals surface area contributed by atoms with Crippen molar-refractivity contribution >= 4 is 5.78 Å². The first-order valence-electron chi connectivity index (χ1n) is 16.1. The minimum Gasteiger partial charge on any atom is -0.393 e. The molecule has 0 amide bonds. The van der Waals surface area contributed by atoms with Gasteiger partial charge in [0.05, 0.1) is 23.9 Å². The van der Waals surface area contributed by atoms with Gasteiger partial charge in [0.15, 0.2) is 5.78 Å². The van der Waals surface area contributed by atoms with Crippen LogP contribution >= 0.6 is 0 Å². The third-order valence-electron chi connectivity index (χ3n) is 10.0. The van der Waals surface area contributed by atoms with E-state index in [2.05, 4.69) is 91.8 Å². The molecular formula is C40H56O4. The van der Waals surface area contributed by atoms with Crippen LogP contribution in [0.15, 0.2) is 107 Å². The van der Waals surface area contributed by atoms with Gasteiger partial charge < -0.3 is 14.9 Å². The zero-order valence-corrected chi connectivity index (χ0v) is 28.8. The second kappa shape index (κ2) is 14.1. The highest BCUT2D eigenvalue weighted by Gasteiger charge is 2.53. The van der Waals surface area contributed by atoms with Crippen molar-refractivity contribution in [3.63, 3.8) is 0 Å². The van der Waals surface area contributed by atoms with E-state index in [4.69, 9.17) is 4.74 Å². The van der Waals surface area contributed by atoms with Crippen LogP contribution < -0.4 is 0 Å². The molecule has 0 radical (unpaired) electrons. The molecule has 1 aliphatic heterocycles. The van der Waals surface area contributed by atoms with Crippen molar-refractivity contribution in [2.45, 2.75) is 119 Å². The SMILES string of the molecule is CC(/C=C/C=C(C)/C=C/C(=O)C1(C)CC(O)CC1(C)C)=C\C=C\C=C(C)\C=C\C=C(/C)C1C=C2C(C)(C)CC(O)CC2(C)O1. The molecule has 0 bridgehead atoms. The number of aliphatic hydroxyl groups is 2. The summed E-state index contributed by atoms with van der Waals surface area (Å²) in [6, 6.07) is 0. The van der Waals surface area contributed by atoms with Crippen LogP contribution in [0.4, 0.5) is 0 Å². The maximum Gasteiger partial charge on any atom is 0.162 e. The van der Waals surface area contributed by atoms with Gasteiger partial charge in [-0.1, -0.05) is 118 Å². The molecule has 0 aromatic heterocycles. The number of carbonyl (C=O) groups is 1. The Morgan fingerprint density at radius 1 is 0.705 bits per heavy atom. The predicted molar refractivity (Wildman–Crippen MR) is 184 cm³/mol. The molecule has 5 atom stereocenters. The summed E-state index contributed by atoms with van der Waals surface area (Å²) >= 11 is 0. The Morgan fingerprint density at radius 3 is 1.80 bits per heavy atom. The highest BCUT2D eigenvalue weighted by molar-refractivity contribution is 5.95. The Kier molecular flexibility index (Phi) is 11.4. The van der Waals surface area contributed by atoms with Crippen molar-refractivity contribution in [1.29, 1.82) is 0 Å². The van der Waals surface area contributed by atoms with E-state index < -0.39 is 17.1 Å². The van der Waals surface area contributed by atoms with Gasteiger partial charge in [-0.2, -0.15) is 0 Å². The lowest BCUT2D eigenvalue weighted by atomic mass is 9.65. The summed E-state index contributed by atoms with van der Waals surface area (Å²) < 4.78 is 6.45. The van der Waals surface area contributed by atoms with E-state index in [-0.39, 0.29) is 28.8 Å². The fourth-order valence-electron chi connectivity index (χ4n) is 7.09. The van der Waals surface area contributed by atoms with Crippen LogP contribution in [0.1, 0.15) is 94.9 Å². The molecular weight excluding hydrogens is 544 g/mol. The lowest BCUT2D eigenvalue weighted by Gasteiger charge is -2.44. The predicted octanol–water partition coefficient (Wildman–Crippen LogP) is 9.02. The van der Waals surface area contributed by atoms with Crippen LogP contribution in [0.5, 0.6) is 0 Å². The number of allylic oxidation sites excluding steroid dienone is 15. The van der Waals surface area contributed by atoms with Crippen molar-refractivity contribution in [2.75, 3.05) is 0 Å². The van der Waals surface area contributed by atoms with Crippen LogP contribution in [0.2, 0.25) is 0 Å². The number of ether oxygens (including phenoxy) is 1. The number of aliphatic hydroxyl groups excluding tert-OH is 2. The monoisotopic (exact) mass is 600 g/mol. The van der Waals surface area contributed by atoms with E-state index in [1.165, 1.54) is 5.57 Å². The highest BCUT2D eigenvalue weighted by atomic mass is 16.5. The van der Waals surface area contributed by atoms with E-state index in [1.807, 2.05) is 50.3 Å². The number of fused-ring (bicyclic) bond motifs is 1. The zero-order valence-electron chi connectivity index (χ0n) is 28.8. The molecule has 1 heterocycles. The number of hydrogen-bond donors (Lipinski definition) is 2. The van der Waals surface area contributed by atoms with Crippen molar-refractivity contribution in [3.8, 4) is 0 Å². The van der Waals surface area contributed by atoms with E-state index in [1.54, 1.807) is 6.08 Å². The lowest BCUT2D eigenvalue weighted by Crippen LogP contribution is -2.45. The maximum atomic E-state index is 12.9. The minimum absolute atomic E-state index is 0.0579. The third kappa shape index (κ3) is 8.68. The molecule has 4 nitrogen and oxygen atoms in total. The number of hydrogen-bond acceptors (Lipinski definition) is 4. The van der Waals surface area contributed by atoms with Crippen LogP contribution in [0.3, 0.4) is 0 Å². The van der Waals surface area contributed by atoms with Crippen molar-refractivity contribution in [3.05, 3.63) is 107 Å². The average Bonchev–Trinajstić information content (AvgIpc) is 3.37. The summed E-state index contributed by atoms with van der Waals surface area (Å²) in [5, 5.41) is 20.5. The Balaban J connectivity index is 1.51. The van der Waals surface area contributed by atoms with E-state index in [0.717, 1.165) is 28.7 Å². The van der Waals surface area contributed by atoms with Gasteiger partial charge in [-0.05, 0) is 88.0 Å². The van der Waals surface area contributed by atoms with Crippen molar-refractivity contribution in [1.82, 2.24) is 0 Å². The van der Waals surface area contributed by atoms with Gasteiger partial charge in [0, 0.05) is 11.8 Å². The molecule has 2 aliphatic carbocycles. The molecule has 0 aromatic carbocycles. The first kappa shape index (κ1) is 35.7. The van der Waals surface area contributed by atoms with Gasteiger partial charge in [-0.25, -0.2) is 0 Å². The number of carbonyl (C=O) groups excluding carboxylic acids is 1. The topological polar surface area (TPSA) is 66.8 Å². The van der Waals surface area contributed by atoms with Crippen molar-refractivity contribution < 1.29 is 19.7 Å². The molecule has 2 saturated carbocycles. The fraction of sp³-hybridized carbons (Fsp3) is 0.525. The summed E-state index contributed by atoms with van der Waals surface area (Å²) in [5.41, 5.74) is 4.53. The minimum atomic E-state index is -0.535. The molecule has 240 valence electrons. The van der Waals surface area contributed by atoms with Gasteiger partial charge in [0.1, 0.15) is 0 Å². The van der Waals surface area contributed by atoms with Crippen LogP contribution in [0.25, 0.3) is 0 Å². The third-order valence-corrected chi connectivity index (χ3v) is 10.0. The molecule has 0 saturated heterocycles. The van der Waals surface area contributed by atoms with Gasteiger partial charge in [0.25, 0.3) is 0 Å². The summed E-state index contributed by atoms with van der Waals surface area (Å²) in [6.07, 6.45) is 28.1. The molecule has 3 rings (SSSR count). The lowest BCUT2D eigenvalue weighted by molar-refractivity contribution is -0.127. The number of rotatable bonds is 10. The van der Waals surface area contributed by atoms with E-state index in [0.29, 0.717) is 19.3 Å². The molecule has 2 N–H and O–H groups in total. The van der Waals surface area contributed by atoms with Gasteiger partial charge in [-0.3, -0.25) is 4.79 Å². The van der Waals surface area contributed by atoms with Gasteiger partial charge in [-0.15, -0.1) is 0 Å². The fourth-order valence-corrected chi connectivity index (χ4v) is 7.09. The maximum absolute atomic E-state index is 12.9. The summed E-state index contributed by atoms with van der Waals surface area (Å²) in [7, 11) is 0. The number of ketones is 1. The first-order chi connectivity index (χ1) is 20.4. The molecule has 44 heavy (non-hydrogen) atoms. The first-order valence-corrected chi connectivity index (χ1v) is 16.1. The smallest absolute Gasteiger partial charge is 0.162 e. The second-order valence-electron chi connectivity index (χ2n) is 15.0. The molecule has 4 heteroatoms. The van der Waals surface area contributed by atoms with E-state index >= 15 is 0 Å². The van der Waals surface area contributed by atoms with Crippen LogP contribution in [-0.2, 0) is 9.53 Å². The highest BCUT2D eigenvalue weighted by Crippen LogP contribution is 2.53. The summed E-state index contributed by atoms with van der Waals surface area (Å²) in [4.78, 5) is 12.9. The molecule has 0 aromatic rings. The normalized spacial score (nSPS) is 33.3. The standard InChI is InChI=1S/C40H56O4/c1-28(17-13-18-30(3)21-22-36(43)39(9)26-33(42)25-38(39,7)8)15-11-12-16-29(2)19-14-20-31(4)34-23-35-37(5,6)24-32(41)27-40(35,10)44-34/h11-23,32-34,41-42H,24-27H2,1-10H3/b12-11+,17-13+,19-14+,22-21+,28-15+,29-16+,30-18+,31-20+.